The van der Waals surface area contributed by atoms with Crippen molar-refractivity contribution in [3.63, 3.8) is 0 Å². The molecule has 1 saturated heterocycles. The summed E-state index contributed by atoms with van der Waals surface area (Å²) in [5, 5.41) is 3.68. The maximum absolute atomic E-state index is 5.94. The van der Waals surface area contributed by atoms with Crippen molar-refractivity contribution >= 4 is 0 Å². The van der Waals surface area contributed by atoms with Gasteiger partial charge in [-0.2, -0.15) is 0 Å². The predicted octanol–water partition coefficient (Wildman–Crippen LogP) is 1.77. The first-order valence-electron chi connectivity index (χ1n) is 6.69. The number of nitrogens with two attached hydrogens (primary N) is 1. The van der Waals surface area contributed by atoms with Crippen molar-refractivity contribution < 1.29 is 4.74 Å². The van der Waals surface area contributed by atoms with Gasteiger partial charge in [-0.25, -0.2) is 0 Å². The summed E-state index contributed by atoms with van der Waals surface area (Å²) < 4.78 is 5.47. The Morgan fingerprint density at radius 2 is 2.12 bits per heavy atom. The lowest BCUT2D eigenvalue weighted by molar-refractivity contribution is 0.152. The first-order chi connectivity index (χ1) is 7.66. The molecular formula is C13H28N2O. The van der Waals surface area contributed by atoms with Crippen LogP contribution in [0, 0.1) is 11.8 Å². The molecule has 1 heterocycles. The summed E-state index contributed by atoms with van der Waals surface area (Å²) in [5.74, 6) is 1.35. The van der Waals surface area contributed by atoms with Crippen molar-refractivity contribution in [1.29, 1.82) is 0 Å². The van der Waals surface area contributed by atoms with Crippen molar-refractivity contribution in [1.82, 2.24) is 5.32 Å². The average Bonchev–Trinajstić information content (AvgIpc) is 2.84. The SMILES string of the molecule is CCC(CC)CNC(C)(CN)C1CCOC1. The van der Waals surface area contributed by atoms with E-state index >= 15 is 0 Å². The summed E-state index contributed by atoms with van der Waals surface area (Å²) >= 11 is 0. The van der Waals surface area contributed by atoms with Gasteiger partial charge in [0.1, 0.15) is 0 Å². The quantitative estimate of drug-likeness (QED) is 0.698. The fourth-order valence-corrected chi connectivity index (χ4v) is 2.38. The minimum Gasteiger partial charge on any atom is -0.381 e. The highest BCUT2D eigenvalue weighted by Crippen LogP contribution is 2.25. The number of hydrogen-bond donors (Lipinski definition) is 2. The van der Waals surface area contributed by atoms with E-state index in [1.807, 2.05) is 0 Å². The van der Waals surface area contributed by atoms with E-state index in [1.54, 1.807) is 0 Å². The maximum Gasteiger partial charge on any atom is 0.0513 e. The van der Waals surface area contributed by atoms with Crippen molar-refractivity contribution in [2.45, 2.75) is 45.6 Å². The zero-order chi connectivity index (χ0) is 12.0. The minimum atomic E-state index is 0.0547. The summed E-state index contributed by atoms with van der Waals surface area (Å²) in [6.45, 7) is 10.3. The monoisotopic (exact) mass is 228 g/mol. The Balaban J connectivity index is 2.45. The third kappa shape index (κ3) is 3.44. The second-order valence-electron chi connectivity index (χ2n) is 5.25. The summed E-state index contributed by atoms with van der Waals surface area (Å²) in [5.41, 5.74) is 5.99. The molecule has 3 N–H and O–H groups in total. The van der Waals surface area contributed by atoms with E-state index in [-0.39, 0.29) is 5.54 Å². The van der Waals surface area contributed by atoms with Crippen molar-refractivity contribution in [3.8, 4) is 0 Å². The van der Waals surface area contributed by atoms with Gasteiger partial charge < -0.3 is 15.8 Å². The van der Waals surface area contributed by atoms with Crippen LogP contribution >= 0.6 is 0 Å². The van der Waals surface area contributed by atoms with Gasteiger partial charge in [0.2, 0.25) is 0 Å². The largest absolute Gasteiger partial charge is 0.381 e. The lowest BCUT2D eigenvalue weighted by Gasteiger charge is -2.36. The number of hydrogen-bond acceptors (Lipinski definition) is 3. The highest BCUT2D eigenvalue weighted by molar-refractivity contribution is 4.93. The number of rotatable bonds is 7. The van der Waals surface area contributed by atoms with Gasteiger partial charge in [0, 0.05) is 24.6 Å². The molecule has 16 heavy (non-hydrogen) atoms. The third-order valence-corrected chi connectivity index (χ3v) is 4.20. The molecule has 0 bridgehead atoms. The summed E-state index contributed by atoms with van der Waals surface area (Å²) in [6, 6.07) is 0. The molecule has 2 atom stereocenters. The molecule has 0 spiro atoms. The third-order valence-electron chi connectivity index (χ3n) is 4.20. The molecule has 0 saturated carbocycles. The zero-order valence-corrected chi connectivity index (χ0v) is 11.1. The Morgan fingerprint density at radius 3 is 2.56 bits per heavy atom. The van der Waals surface area contributed by atoms with Crippen LogP contribution < -0.4 is 11.1 Å². The Labute approximate surface area is 100 Å². The highest BCUT2D eigenvalue weighted by Gasteiger charge is 2.35. The molecule has 0 radical (unpaired) electrons. The molecule has 1 aliphatic rings. The van der Waals surface area contributed by atoms with Crippen LogP contribution in [0.3, 0.4) is 0 Å². The number of ether oxygens (including phenoxy) is 1. The Morgan fingerprint density at radius 1 is 1.44 bits per heavy atom. The minimum absolute atomic E-state index is 0.0547. The van der Waals surface area contributed by atoms with Gasteiger partial charge in [-0.05, 0) is 25.8 Å². The predicted molar refractivity (Wildman–Crippen MR) is 68.5 cm³/mol. The van der Waals surface area contributed by atoms with Gasteiger partial charge >= 0.3 is 0 Å². The first kappa shape index (κ1) is 13.9. The van der Waals surface area contributed by atoms with E-state index in [1.165, 1.54) is 12.8 Å². The lowest BCUT2D eigenvalue weighted by atomic mass is 9.84. The fraction of sp³-hybridized carbons (Fsp3) is 1.00. The van der Waals surface area contributed by atoms with E-state index in [4.69, 9.17) is 10.5 Å². The molecule has 1 fully saturated rings. The van der Waals surface area contributed by atoms with Crippen molar-refractivity contribution in [3.05, 3.63) is 0 Å². The zero-order valence-electron chi connectivity index (χ0n) is 11.1. The lowest BCUT2D eigenvalue weighted by Crippen LogP contribution is -2.55. The molecule has 3 heteroatoms. The molecular weight excluding hydrogens is 200 g/mol. The molecule has 0 aromatic rings. The molecule has 0 amide bonds. The van der Waals surface area contributed by atoms with Gasteiger partial charge in [-0.1, -0.05) is 26.7 Å². The second kappa shape index (κ2) is 6.58. The van der Waals surface area contributed by atoms with Crippen LogP contribution in [0.2, 0.25) is 0 Å². The topological polar surface area (TPSA) is 47.3 Å². The van der Waals surface area contributed by atoms with E-state index < -0.39 is 0 Å². The van der Waals surface area contributed by atoms with E-state index in [0.717, 1.165) is 32.1 Å². The van der Waals surface area contributed by atoms with Crippen LogP contribution in [-0.2, 0) is 4.74 Å². The van der Waals surface area contributed by atoms with Crippen LogP contribution in [0.15, 0.2) is 0 Å². The first-order valence-corrected chi connectivity index (χ1v) is 6.69. The Kier molecular flexibility index (Phi) is 5.73. The molecule has 0 aromatic carbocycles. The van der Waals surface area contributed by atoms with E-state index in [2.05, 4.69) is 26.1 Å². The maximum atomic E-state index is 5.94. The van der Waals surface area contributed by atoms with Crippen molar-refractivity contribution in [2.24, 2.45) is 17.6 Å². The van der Waals surface area contributed by atoms with Crippen LogP contribution in [0.1, 0.15) is 40.0 Å². The molecule has 1 rings (SSSR count). The van der Waals surface area contributed by atoms with Crippen LogP contribution in [0.5, 0.6) is 0 Å². The summed E-state index contributed by atoms with van der Waals surface area (Å²) in [6.07, 6.45) is 3.63. The van der Waals surface area contributed by atoms with Crippen LogP contribution in [-0.4, -0.2) is 31.8 Å². The average molecular weight is 228 g/mol. The Bertz CT molecular complexity index is 188. The summed E-state index contributed by atoms with van der Waals surface area (Å²) in [7, 11) is 0. The summed E-state index contributed by atoms with van der Waals surface area (Å²) in [4.78, 5) is 0. The Hall–Kier alpha value is -0.120. The molecule has 3 nitrogen and oxygen atoms in total. The fourth-order valence-electron chi connectivity index (χ4n) is 2.38. The van der Waals surface area contributed by atoms with Crippen molar-refractivity contribution in [2.75, 3.05) is 26.3 Å². The molecule has 96 valence electrons. The number of nitrogens with one attached hydrogen (secondary N) is 1. The van der Waals surface area contributed by atoms with E-state index in [0.29, 0.717) is 12.5 Å². The van der Waals surface area contributed by atoms with Gasteiger partial charge in [0.15, 0.2) is 0 Å². The van der Waals surface area contributed by atoms with Gasteiger partial charge in [-0.3, -0.25) is 0 Å². The molecule has 2 unspecified atom stereocenters. The standard InChI is InChI=1S/C13H28N2O/c1-4-11(5-2)8-15-13(3,10-14)12-6-7-16-9-12/h11-12,15H,4-10,14H2,1-3H3. The molecule has 1 aliphatic heterocycles. The van der Waals surface area contributed by atoms with Crippen LogP contribution in [0.25, 0.3) is 0 Å². The molecule has 0 aromatic heterocycles. The van der Waals surface area contributed by atoms with Gasteiger partial charge in [0.05, 0.1) is 6.61 Å². The second-order valence-corrected chi connectivity index (χ2v) is 5.25. The molecule has 0 aliphatic carbocycles. The van der Waals surface area contributed by atoms with Crippen LogP contribution in [0.4, 0.5) is 0 Å². The van der Waals surface area contributed by atoms with E-state index in [9.17, 15) is 0 Å². The van der Waals surface area contributed by atoms with Gasteiger partial charge in [-0.15, -0.1) is 0 Å². The normalized spacial score (nSPS) is 24.9. The smallest absolute Gasteiger partial charge is 0.0513 e. The highest BCUT2D eigenvalue weighted by atomic mass is 16.5. The van der Waals surface area contributed by atoms with Gasteiger partial charge in [0.25, 0.3) is 0 Å².